The van der Waals surface area contributed by atoms with Crippen molar-refractivity contribution in [2.24, 2.45) is 0 Å². The molecule has 0 aliphatic rings. The van der Waals surface area contributed by atoms with Crippen molar-refractivity contribution in [1.29, 1.82) is 0 Å². The van der Waals surface area contributed by atoms with E-state index >= 15 is 0 Å². The summed E-state index contributed by atoms with van der Waals surface area (Å²) >= 11 is 0. The smallest absolute Gasteiger partial charge is 0.322 e. The lowest BCUT2D eigenvalue weighted by Gasteiger charge is -2.11. The minimum atomic E-state index is -4.56. The van der Waals surface area contributed by atoms with Gasteiger partial charge in [0.05, 0.1) is 10.5 Å². The van der Waals surface area contributed by atoms with Crippen molar-refractivity contribution in [3.05, 3.63) is 84.2 Å². The van der Waals surface area contributed by atoms with Crippen LogP contribution in [0.2, 0.25) is 0 Å². The molecule has 0 saturated carbocycles. The van der Waals surface area contributed by atoms with E-state index in [-0.39, 0.29) is 16.1 Å². The number of pyridine rings is 1. The van der Waals surface area contributed by atoms with Crippen molar-refractivity contribution in [3.8, 4) is 0 Å². The van der Waals surface area contributed by atoms with Crippen molar-refractivity contribution in [3.63, 3.8) is 0 Å². The van der Waals surface area contributed by atoms with Gasteiger partial charge in [-0.05, 0) is 54.6 Å². The molecule has 0 fully saturated rings. The van der Waals surface area contributed by atoms with Gasteiger partial charge in [0, 0.05) is 29.3 Å². The van der Waals surface area contributed by atoms with Gasteiger partial charge in [0.25, 0.3) is 15.9 Å². The first-order chi connectivity index (χ1) is 13.6. The SMILES string of the molecule is O=C(Nc1ccncc1)c1cccc(NS(=O)(=O)c2ccc(C(F)(F)F)cc2)c1. The fraction of sp³-hybridized carbons (Fsp3) is 0.0526. The number of sulfonamides is 1. The van der Waals surface area contributed by atoms with Crippen LogP contribution >= 0.6 is 0 Å². The maximum atomic E-state index is 12.6. The van der Waals surface area contributed by atoms with Crippen LogP contribution in [-0.2, 0) is 16.2 Å². The Morgan fingerprint density at radius 2 is 1.55 bits per heavy atom. The molecule has 6 nitrogen and oxygen atoms in total. The van der Waals surface area contributed by atoms with Crippen LogP contribution in [0.3, 0.4) is 0 Å². The number of carbonyl (C=O) groups is 1. The van der Waals surface area contributed by atoms with Crippen LogP contribution in [0.15, 0.2) is 78.0 Å². The highest BCUT2D eigenvalue weighted by Crippen LogP contribution is 2.30. The highest BCUT2D eigenvalue weighted by molar-refractivity contribution is 7.92. The number of benzene rings is 2. The van der Waals surface area contributed by atoms with E-state index < -0.39 is 27.7 Å². The van der Waals surface area contributed by atoms with E-state index in [1.807, 2.05) is 0 Å². The molecule has 3 aromatic rings. The number of halogens is 3. The van der Waals surface area contributed by atoms with Gasteiger partial charge in [-0.15, -0.1) is 0 Å². The first-order valence-corrected chi connectivity index (χ1v) is 9.65. The van der Waals surface area contributed by atoms with Crippen molar-refractivity contribution in [1.82, 2.24) is 4.98 Å². The van der Waals surface area contributed by atoms with Crippen LogP contribution in [0.4, 0.5) is 24.5 Å². The van der Waals surface area contributed by atoms with Crippen LogP contribution in [0.1, 0.15) is 15.9 Å². The fourth-order valence-electron chi connectivity index (χ4n) is 2.40. The van der Waals surface area contributed by atoms with Gasteiger partial charge in [-0.2, -0.15) is 13.2 Å². The van der Waals surface area contributed by atoms with E-state index in [2.05, 4.69) is 15.0 Å². The molecular weight excluding hydrogens is 407 g/mol. The van der Waals surface area contributed by atoms with E-state index in [9.17, 15) is 26.4 Å². The normalized spacial score (nSPS) is 11.7. The third-order valence-electron chi connectivity index (χ3n) is 3.81. The minimum Gasteiger partial charge on any atom is -0.322 e. The summed E-state index contributed by atoms with van der Waals surface area (Å²) in [6, 6.07) is 12.0. The van der Waals surface area contributed by atoms with Crippen molar-refractivity contribution in [2.45, 2.75) is 11.1 Å². The molecule has 0 atom stereocenters. The van der Waals surface area contributed by atoms with Crippen LogP contribution in [0.5, 0.6) is 0 Å². The van der Waals surface area contributed by atoms with Gasteiger partial charge in [0.1, 0.15) is 0 Å². The molecule has 0 aliphatic carbocycles. The molecule has 0 radical (unpaired) electrons. The molecule has 1 aromatic heterocycles. The summed E-state index contributed by atoms with van der Waals surface area (Å²) in [5, 5.41) is 2.64. The summed E-state index contributed by atoms with van der Waals surface area (Å²) in [6.45, 7) is 0. The Morgan fingerprint density at radius 1 is 0.897 bits per heavy atom. The number of hydrogen-bond donors (Lipinski definition) is 2. The zero-order chi connectivity index (χ0) is 21.1. The van der Waals surface area contributed by atoms with E-state index in [1.165, 1.54) is 36.7 Å². The highest BCUT2D eigenvalue weighted by Gasteiger charge is 2.30. The predicted octanol–water partition coefficient (Wildman–Crippen LogP) is 4.15. The molecule has 3 rings (SSSR count). The van der Waals surface area contributed by atoms with Gasteiger partial charge in [-0.3, -0.25) is 14.5 Å². The number of carbonyl (C=O) groups excluding carboxylic acids is 1. The Morgan fingerprint density at radius 3 is 2.17 bits per heavy atom. The number of nitrogens with zero attached hydrogens (tertiary/aromatic N) is 1. The molecule has 2 N–H and O–H groups in total. The molecule has 150 valence electrons. The molecule has 0 saturated heterocycles. The van der Waals surface area contributed by atoms with Crippen molar-refractivity contribution >= 4 is 27.3 Å². The number of alkyl halides is 3. The van der Waals surface area contributed by atoms with Crippen molar-refractivity contribution in [2.75, 3.05) is 10.0 Å². The molecule has 1 heterocycles. The number of anilines is 2. The van der Waals surface area contributed by atoms with Gasteiger partial charge >= 0.3 is 6.18 Å². The molecular formula is C19H14F3N3O3S. The van der Waals surface area contributed by atoms with Crippen LogP contribution in [-0.4, -0.2) is 19.3 Å². The number of rotatable bonds is 5. The molecule has 0 aliphatic heterocycles. The highest BCUT2D eigenvalue weighted by atomic mass is 32.2. The molecule has 0 bridgehead atoms. The van der Waals surface area contributed by atoms with E-state index in [1.54, 1.807) is 12.1 Å². The number of hydrogen-bond acceptors (Lipinski definition) is 4. The Hall–Kier alpha value is -3.40. The predicted molar refractivity (Wildman–Crippen MR) is 101 cm³/mol. The lowest BCUT2D eigenvalue weighted by molar-refractivity contribution is -0.137. The Balaban J connectivity index is 1.77. The summed E-state index contributed by atoms with van der Waals surface area (Å²) < 4.78 is 65.0. The van der Waals surface area contributed by atoms with Gasteiger partial charge in [-0.1, -0.05) is 6.07 Å². The van der Waals surface area contributed by atoms with Gasteiger partial charge in [0.15, 0.2) is 0 Å². The molecule has 10 heteroatoms. The zero-order valence-electron chi connectivity index (χ0n) is 14.6. The second-order valence-electron chi connectivity index (χ2n) is 5.90. The van der Waals surface area contributed by atoms with E-state index in [4.69, 9.17) is 0 Å². The summed E-state index contributed by atoms with van der Waals surface area (Å²) in [6.07, 6.45) is -1.55. The van der Waals surface area contributed by atoms with E-state index in [0.29, 0.717) is 17.8 Å². The van der Waals surface area contributed by atoms with Crippen LogP contribution < -0.4 is 10.0 Å². The Labute approximate surface area is 164 Å². The molecule has 0 spiro atoms. The lowest BCUT2D eigenvalue weighted by Crippen LogP contribution is -2.15. The average Bonchev–Trinajstić information content (AvgIpc) is 2.68. The molecule has 1 amide bonds. The molecule has 29 heavy (non-hydrogen) atoms. The fourth-order valence-corrected chi connectivity index (χ4v) is 3.45. The summed E-state index contributed by atoms with van der Waals surface area (Å²) in [5.41, 5.74) is -0.159. The Bertz CT molecular complexity index is 1120. The largest absolute Gasteiger partial charge is 0.416 e. The van der Waals surface area contributed by atoms with E-state index in [0.717, 1.165) is 12.1 Å². The number of nitrogens with one attached hydrogen (secondary N) is 2. The monoisotopic (exact) mass is 421 g/mol. The maximum Gasteiger partial charge on any atom is 0.416 e. The topological polar surface area (TPSA) is 88.2 Å². The van der Waals surface area contributed by atoms with Crippen LogP contribution in [0, 0.1) is 0 Å². The van der Waals surface area contributed by atoms with Gasteiger partial charge in [0.2, 0.25) is 0 Å². The maximum absolute atomic E-state index is 12.6. The van der Waals surface area contributed by atoms with Crippen molar-refractivity contribution < 1.29 is 26.4 Å². The average molecular weight is 421 g/mol. The Kier molecular flexibility index (Phi) is 5.55. The lowest BCUT2D eigenvalue weighted by atomic mass is 10.2. The first kappa shape index (κ1) is 20.3. The zero-order valence-corrected chi connectivity index (χ0v) is 15.5. The molecule has 2 aromatic carbocycles. The quantitative estimate of drug-likeness (QED) is 0.648. The van der Waals surface area contributed by atoms with Crippen LogP contribution in [0.25, 0.3) is 0 Å². The standard InChI is InChI=1S/C19H14F3N3O3S/c20-19(21,22)14-4-6-17(7-5-14)29(27,28)25-16-3-1-2-13(12-16)18(26)24-15-8-10-23-11-9-15/h1-12,25H,(H,23,24,26). The van der Waals surface area contributed by atoms with Gasteiger partial charge in [-0.25, -0.2) is 8.42 Å². The van der Waals surface area contributed by atoms with Gasteiger partial charge < -0.3 is 5.32 Å². The third kappa shape index (κ3) is 5.11. The summed E-state index contributed by atoms with van der Waals surface area (Å²) in [7, 11) is -4.13. The number of aromatic nitrogens is 1. The molecule has 0 unspecified atom stereocenters. The first-order valence-electron chi connectivity index (χ1n) is 8.17. The second-order valence-corrected chi connectivity index (χ2v) is 7.58. The summed E-state index contributed by atoms with van der Waals surface area (Å²) in [5.74, 6) is -0.466. The minimum absolute atomic E-state index is 0.0901. The third-order valence-corrected chi connectivity index (χ3v) is 5.20. The summed E-state index contributed by atoms with van der Waals surface area (Å²) in [4.78, 5) is 15.8. The second kappa shape index (κ2) is 7.92. The number of amides is 1.